The Hall–Kier alpha value is -1.07. The Balaban J connectivity index is 2.81. The van der Waals surface area contributed by atoms with E-state index in [9.17, 15) is 0 Å². The van der Waals surface area contributed by atoms with Gasteiger partial charge in [0.05, 0.1) is 11.9 Å². The molecule has 0 bridgehead atoms. The molecule has 10 heavy (non-hydrogen) atoms. The second-order valence-electron chi connectivity index (χ2n) is 1.55. The lowest BCUT2D eigenvalue weighted by Gasteiger charge is -2.01. The smallest absolute Gasteiger partial charge is 0.187 e. The lowest BCUT2D eigenvalue weighted by molar-refractivity contribution is 1.01. The Morgan fingerprint density at radius 2 is 2.40 bits per heavy atom. The van der Waals surface area contributed by atoms with Crippen molar-refractivity contribution < 1.29 is 0 Å². The van der Waals surface area contributed by atoms with Crippen molar-refractivity contribution in [1.82, 2.24) is 15.1 Å². The summed E-state index contributed by atoms with van der Waals surface area (Å²) in [5.74, 6) is 0.414. The molecule has 0 amide bonds. The molecule has 0 spiro atoms. The Morgan fingerprint density at radius 3 is 3.00 bits per heavy atom. The van der Waals surface area contributed by atoms with E-state index in [4.69, 9.17) is 17.5 Å². The fourth-order valence-electron chi connectivity index (χ4n) is 0.483. The van der Waals surface area contributed by atoms with Crippen molar-refractivity contribution in [2.24, 2.45) is 0 Å². The minimum Gasteiger partial charge on any atom is -0.396 e. The van der Waals surface area contributed by atoms with Gasteiger partial charge in [-0.25, -0.2) is 0 Å². The molecule has 0 unspecified atom stereocenters. The van der Waals surface area contributed by atoms with Crippen LogP contribution in [0.25, 0.3) is 0 Å². The average Bonchev–Trinajstić information content (AvgIpc) is 1.94. The third-order valence-corrected chi connectivity index (χ3v) is 1.01. The summed E-state index contributed by atoms with van der Waals surface area (Å²) in [6, 6.07) is 1.61. The van der Waals surface area contributed by atoms with Gasteiger partial charge >= 0.3 is 0 Å². The molecule has 6 heteroatoms. The lowest BCUT2D eigenvalue weighted by atomic mass is 10.4. The first kappa shape index (κ1) is 7.04. The van der Waals surface area contributed by atoms with E-state index in [-0.39, 0.29) is 0 Å². The monoisotopic (exact) mass is 159 g/mol. The van der Waals surface area contributed by atoms with Gasteiger partial charge < -0.3 is 5.73 Å². The van der Waals surface area contributed by atoms with E-state index in [1.807, 2.05) is 0 Å². The fourth-order valence-corrected chi connectivity index (χ4v) is 0.573. The number of hydrogen-bond donors (Lipinski definition) is 3. The summed E-state index contributed by atoms with van der Waals surface area (Å²) in [7, 11) is 0. The van der Waals surface area contributed by atoms with Crippen molar-refractivity contribution in [3.63, 3.8) is 0 Å². The Bertz CT molecular complexity index is 215. The van der Waals surface area contributed by atoms with Crippen molar-refractivity contribution in [2.45, 2.75) is 0 Å². The third-order valence-electron chi connectivity index (χ3n) is 0.918. The SMILES string of the molecule is Nc1ccnnc1NNCl. The van der Waals surface area contributed by atoms with Crippen LogP contribution in [-0.4, -0.2) is 10.2 Å². The maximum absolute atomic E-state index is 5.44. The first-order valence-corrected chi connectivity index (χ1v) is 2.91. The first-order chi connectivity index (χ1) is 4.84. The summed E-state index contributed by atoms with van der Waals surface area (Å²) in [4.78, 5) is 2.16. The summed E-state index contributed by atoms with van der Waals surface area (Å²) in [5, 5.41) is 7.21. The number of rotatable bonds is 2. The average molecular weight is 160 g/mol. The van der Waals surface area contributed by atoms with Crippen LogP contribution in [0, 0.1) is 0 Å². The molecule has 0 aliphatic carbocycles. The van der Waals surface area contributed by atoms with Gasteiger partial charge in [-0.15, -0.1) is 10.0 Å². The molecule has 1 heterocycles. The van der Waals surface area contributed by atoms with Crippen molar-refractivity contribution in [1.29, 1.82) is 0 Å². The highest BCUT2D eigenvalue weighted by Gasteiger charge is 1.95. The molecule has 0 aromatic carbocycles. The van der Waals surface area contributed by atoms with Crippen LogP contribution in [0.2, 0.25) is 0 Å². The van der Waals surface area contributed by atoms with Crippen LogP contribution in [-0.2, 0) is 0 Å². The number of nitrogens with zero attached hydrogens (tertiary/aromatic N) is 2. The highest BCUT2D eigenvalue weighted by molar-refractivity contribution is 6.14. The van der Waals surface area contributed by atoms with Gasteiger partial charge in [0.1, 0.15) is 0 Å². The second kappa shape index (κ2) is 3.19. The van der Waals surface area contributed by atoms with E-state index in [1.165, 1.54) is 6.20 Å². The molecule has 1 aromatic heterocycles. The third kappa shape index (κ3) is 1.46. The number of hydrazine groups is 1. The highest BCUT2D eigenvalue weighted by Crippen LogP contribution is 2.09. The molecule has 5 nitrogen and oxygen atoms in total. The van der Waals surface area contributed by atoms with Crippen LogP contribution in [0.1, 0.15) is 0 Å². The standard InChI is InChI=1S/C4H6ClN5/c5-10-9-4-3(6)1-2-7-8-4/h1-2,10H,(H2,6,7)(H,8,9). The highest BCUT2D eigenvalue weighted by atomic mass is 35.5. The normalized spacial score (nSPS) is 9.30. The van der Waals surface area contributed by atoms with Crippen LogP contribution in [0.4, 0.5) is 11.5 Å². The van der Waals surface area contributed by atoms with Crippen LogP contribution < -0.4 is 16.1 Å². The molecule has 4 N–H and O–H groups in total. The van der Waals surface area contributed by atoms with Gasteiger partial charge in [0.2, 0.25) is 0 Å². The number of anilines is 2. The summed E-state index contributed by atoms with van der Waals surface area (Å²) < 4.78 is 0. The zero-order valence-corrected chi connectivity index (χ0v) is 5.76. The molecule has 0 saturated heterocycles. The minimum absolute atomic E-state index is 0.414. The first-order valence-electron chi connectivity index (χ1n) is 2.53. The maximum atomic E-state index is 5.44. The number of halogens is 1. The van der Waals surface area contributed by atoms with Gasteiger partial charge in [-0.2, -0.15) is 5.10 Å². The molecule has 1 rings (SSSR count). The van der Waals surface area contributed by atoms with Gasteiger partial charge in [0, 0.05) is 0 Å². The zero-order chi connectivity index (χ0) is 7.40. The molecule has 0 aliphatic heterocycles. The Kier molecular flexibility index (Phi) is 2.24. The second-order valence-corrected chi connectivity index (χ2v) is 1.74. The number of nitrogens with one attached hydrogen (secondary N) is 2. The van der Waals surface area contributed by atoms with E-state index in [2.05, 4.69) is 20.6 Å². The van der Waals surface area contributed by atoms with E-state index in [1.54, 1.807) is 6.07 Å². The van der Waals surface area contributed by atoms with Crippen molar-refractivity contribution in [2.75, 3.05) is 11.2 Å². The number of aromatic nitrogens is 2. The minimum atomic E-state index is 0.414. The zero-order valence-electron chi connectivity index (χ0n) is 5.00. The largest absolute Gasteiger partial charge is 0.396 e. The van der Waals surface area contributed by atoms with E-state index < -0.39 is 0 Å². The van der Waals surface area contributed by atoms with Crippen molar-refractivity contribution in [3.05, 3.63) is 12.3 Å². The van der Waals surface area contributed by atoms with Crippen molar-refractivity contribution >= 4 is 23.3 Å². The molecular formula is C4H6ClN5. The van der Waals surface area contributed by atoms with Crippen LogP contribution in [0.5, 0.6) is 0 Å². The maximum Gasteiger partial charge on any atom is 0.187 e. The number of nitrogen functional groups attached to an aromatic ring is 1. The quantitative estimate of drug-likeness (QED) is 0.423. The van der Waals surface area contributed by atoms with Crippen LogP contribution in [0.15, 0.2) is 12.3 Å². The van der Waals surface area contributed by atoms with Crippen LogP contribution >= 0.6 is 11.8 Å². The van der Waals surface area contributed by atoms with Gasteiger partial charge in [-0.05, 0) is 17.8 Å². The predicted molar refractivity (Wildman–Crippen MR) is 39.1 cm³/mol. The molecule has 0 fully saturated rings. The summed E-state index contributed by atoms with van der Waals surface area (Å²) in [6.45, 7) is 0. The van der Waals surface area contributed by atoms with E-state index >= 15 is 0 Å². The topological polar surface area (TPSA) is 75.9 Å². The molecule has 0 radical (unpaired) electrons. The Morgan fingerprint density at radius 1 is 1.60 bits per heavy atom. The van der Waals surface area contributed by atoms with E-state index in [0.717, 1.165) is 0 Å². The van der Waals surface area contributed by atoms with Gasteiger partial charge in [-0.3, -0.25) is 5.43 Å². The number of nitrogens with two attached hydrogens (primary N) is 1. The van der Waals surface area contributed by atoms with Gasteiger partial charge in [-0.1, -0.05) is 0 Å². The fraction of sp³-hybridized carbons (Fsp3) is 0. The molecular weight excluding hydrogens is 154 g/mol. The van der Waals surface area contributed by atoms with Crippen LogP contribution in [0.3, 0.4) is 0 Å². The molecule has 54 valence electrons. The van der Waals surface area contributed by atoms with Gasteiger partial charge in [0.25, 0.3) is 0 Å². The molecule has 1 aromatic rings. The number of hydrogen-bond acceptors (Lipinski definition) is 5. The van der Waals surface area contributed by atoms with Gasteiger partial charge in [0.15, 0.2) is 5.82 Å². The lowest BCUT2D eigenvalue weighted by Crippen LogP contribution is -2.12. The van der Waals surface area contributed by atoms with E-state index in [0.29, 0.717) is 11.5 Å². The Labute approximate surface area is 62.7 Å². The summed E-state index contributed by atoms with van der Waals surface area (Å²) >= 11 is 5.12. The molecule has 0 saturated carbocycles. The molecule has 0 aliphatic rings. The summed E-state index contributed by atoms with van der Waals surface area (Å²) in [6.07, 6.45) is 1.49. The predicted octanol–water partition coefficient (Wildman–Crippen LogP) is 0.129. The van der Waals surface area contributed by atoms with Crippen molar-refractivity contribution in [3.8, 4) is 0 Å². The summed E-state index contributed by atoms with van der Waals surface area (Å²) in [5.41, 5.74) is 8.42. The molecule has 0 atom stereocenters.